The van der Waals surface area contributed by atoms with Crippen molar-refractivity contribution in [1.29, 1.82) is 0 Å². The smallest absolute Gasteiger partial charge is 0.339 e. The van der Waals surface area contributed by atoms with Crippen LogP contribution in [0.5, 0.6) is 0 Å². The van der Waals surface area contributed by atoms with Crippen LogP contribution < -0.4 is 10.2 Å². The van der Waals surface area contributed by atoms with Gasteiger partial charge in [0, 0.05) is 31.9 Å². The van der Waals surface area contributed by atoms with E-state index in [1.54, 1.807) is 11.0 Å². The van der Waals surface area contributed by atoms with Crippen LogP contribution in [0, 0.1) is 0 Å². The summed E-state index contributed by atoms with van der Waals surface area (Å²) >= 11 is 0. The number of methoxy groups -OCH3 is 1. The van der Waals surface area contributed by atoms with Gasteiger partial charge in [0.15, 0.2) is 0 Å². The molecule has 0 spiro atoms. The number of benzene rings is 2. The molecule has 0 unspecified atom stereocenters. The van der Waals surface area contributed by atoms with Crippen molar-refractivity contribution >= 4 is 23.4 Å². The SMILES string of the molecule is COC(=O)c1ccccc1N1CCN(C(=O)Nc2ccccc2)CC1. The van der Waals surface area contributed by atoms with Gasteiger partial charge in [0.05, 0.1) is 18.4 Å². The van der Waals surface area contributed by atoms with E-state index in [1.807, 2.05) is 48.5 Å². The molecule has 0 aliphatic carbocycles. The van der Waals surface area contributed by atoms with Gasteiger partial charge in [0.25, 0.3) is 0 Å². The highest BCUT2D eigenvalue weighted by Gasteiger charge is 2.24. The molecule has 1 saturated heterocycles. The number of hydrogen-bond donors (Lipinski definition) is 1. The average Bonchev–Trinajstić information content (AvgIpc) is 2.68. The third-order valence-corrected chi connectivity index (χ3v) is 4.24. The summed E-state index contributed by atoms with van der Waals surface area (Å²) in [6, 6.07) is 16.7. The molecule has 3 rings (SSSR count). The van der Waals surface area contributed by atoms with E-state index in [0.29, 0.717) is 31.7 Å². The van der Waals surface area contributed by atoms with Crippen molar-refractivity contribution in [3.63, 3.8) is 0 Å². The minimum absolute atomic E-state index is 0.105. The Morgan fingerprint density at radius 1 is 0.920 bits per heavy atom. The van der Waals surface area contributed by atoms with E-state index in [2.05, 4.69) is 10.2 Å². The Kier molecular flexibility index (Phi) is 5.18. The van der Waals surface area contributed by atoms with Crippen LogP contribution in [-0.2, 0) is 4.74 Å². The highest BCUT2D eigenvalue weighted by Crippen LogP contribution is 2.22. The lowest BCUT2D eigenvalue weighted by atomic mass is 10.1. The maximum absolute atomic E-state index is 12.4. The molecule has 1 aliphatic rings. The first kappa shape index (κ1) is 16.8. The predicted molar refractivity (Wildman–Crippen MR) is 97.0 cm³/mol. The Balaban J connectivity index is 1.62. The lowest BCUT2D eigenvalue weighted by Gasteiger charge is -2.36. The predicted octanol–water partition coefficient (Wildman–Crippen LogP) is 2.83. The second-order valence-corrected chi connectivity index (χ2v) is 5.78. The number of piperazine rings is 1. The summed E-state index contributed by atoms with van der Waals surface area (Å²) in [4.78, 5) is 28.2. The van der Waals surface area contributed by atoms with Crippen molar-refractivity contribution < 1.29 is 14.3 Å². The molecule has 2 aromatic carbocycles. The molecule has 2 amide bonds. The average molecular weight is 339 g/mol. The first-order valence-electron chi connectivity index (χ1n) is 8.22. The fourth-order valence-corrected chi connectivity index (χ4v) is 2.91. The van der Waals surface area contributed by atoms with Gasteiger partial charge in [-0.05, 0) is 24.3 Å². The topological polar surface area (TPSA) is 61.9 Å². The number of para-hydroxylation sites is 2. The van der Waals surface area contributed by atoms with Crippen LogP contribution in [-0.4, -0.2) is 50.2 Å². The molecule has 2 aromatic rings. The zero-order valence-electron chi connectivity index (χ0n) is 14.1. The van der Waals surface area contributed by atoms with Gasteiger partial charge in [0.1, 0.15) is 0 Å². The summed E-state index contributed by atoms with van der Waals surface area (Å²) in [5.74, 6) is -0.347. The maximum atomic E-state index is 12.4. The molecule has 0 bridgehead atoms. The fourth-order valence-electron chi connectivity index (χ4n) is 2.91. The molecule has 0 saturated carbocycles. The molecule has 1 N–H and O–H groups in total. The van der Waals surface area contributed by atoms with Crippen LogP contribution in [0.4, 0.5) is 16.2 Å². The van der Waals surface area contributed by atoms with Crippen molar-refractivity contribution in [3.05, 3.63) is 60.2 Å². The van der Waals surface area contributed by atoms with Crippen LogP contribution in [0.2, 0.25) is 0 Å². The van der Waals surface area contributed by atoms with Gasteiger partial charge < -0.3 is 19.9 Å². The van der Waals surface area contributed by atoms with Crippen molar-refractivity contribution in [2.45, 2.75) is 0 Å². The van der Waals surface area contributed by atoms with Crippen molar-refractivity contribution in [3.8, 4) is 0 Å². The van der Waals surface area contributed by atoms with Gasteiger partial charge in [-0.25, -0.2) is 9.59 Å². The van der Waals surface area contributed by atoms with E-state index in [9.17, 15) is 9.59 Å². The third kappa shape index (κ3) is 3.91. The van der Waals surface area contributed by atoms with E-state index in [0.717, 1.165) is 11.4 Å². The van der Waals surface area contributed by atoms with Gasteiger partial charge in [-0.3, -0.25) is 0 Å². The molecule has 0 aromatic heterocycles. The monoisotopic (exact) mass is 339 g/mol. The Labute approximate surface area is 147 Å². The van der Waals surface area contributed by atoms with Crippen molar-refractivity contribution in [2.75, 3.05) is 43.5 Å². The van der Waals surface area contributed by atoms with E-state index >= 15 is 0 Å². The summed E-state index contributed by atoms with van der Waals surface area (Å²) in [5.41, 5.74) is 2.18. The molecule has 1 fully saturated rings. The molecule has 1 aliphatic heterocycles. The van der Waals surface area contributed by atoms with Gasteiger partial charge in [-0.15, -0.1) is 0 Å². The van der Waals surface area contributed by atoms with E-state index in [-0.39, 0.29) is 12.0 Å². The van der Waals surface area contributed by atoms with Crippen molar-refractivity contribution in [2.24, 2.45) is 0 Å². The molecule has 6 heteroatoms. The van der Waals surface area contributed by atoms with E-state index in [4.69, 9.17) is 4.74 Å². The quantitative estimate of drug-likeness (QED) is 0.874. The third-order valence-electron chi connectivity index (χ3n) is 4.24. The number of rotatable bonds is 3. The number of anilines is 2. The lowest BCUT2D eigenvalue weighted by Crippen LogP contribution is -2.50. The number of carbonyl (C=O) groups excluding carboxylic acids is 2. The van der Waals surface area contributed by atoms with Gasteiger partial charge in [0.2, 0.25) is 0 Å². The maximum Gasteiger partial charge on any atom is 0.339 e. The van der Waals surface area contributed by atoms with Crippen LogP contribution in [0.3, 0.4) is 0 Å². The number of hydrogen-bond acceptors (Lipinski definition) is 4. The van der Waals surface area contributed by atoms with Crippen LogP contribution in [0.15, 0.2) is 54.6 Å². The normalized spacial score (nSPS) is 14.1. The minimum atomic E-state index is -0.347. The second-order valence-electron chi connectivity index (χ2n) is 5.78. The van der Waals surface area contributed by atoms with E-state index < -0.39 is 0 Å². The number of nitrogens with zero attached hydrogens (tertiary/aromatic N) is 2. The minimum Gasteiger partial charge on any atom is -0.465 e. The zero-order valence-corrected chi connectivity index (χ0v) is 14.1. The Morgan fingerprint density at radius 3 is 2.24 bits per heavy atom. The van der Waals surface area contributed by atoms with Crippen LogP contribution in [0.25, 0.3) is 0 Å². The summed E-state index contributed by atoms with van der Waals surface area (Å²) in [6.07, 6.45) is 0. The first-order chi connectivity index (χ1) is 12.2. The van der Waals surface area contributed by atoms with E-state index in [1.165, 1.54) is 7.11 Å². The van der Waals surface area contributed by atoms with Crippen molar-refractivity contribution in [1.82, 2.24) is 4.90 Å². The first-order valence-corrected chi connectivity index (χ1v) is 8.22. The molecular formula is C19H21N3O3. The lowest BCUT2D eigenvalue weighted by molar-refractivity contribution is 0.0601. The highest BCUT2D eigenvalue weighted by molar-refractivity contribution is 5.96. The number of carbonyl (C=O) groups is 2. The zero-order chi connectivity index (χ0) is 17.6. The molecule has 25 heavy (non-hydrogen) atoms. The largest absolute Gasteiger partial charge is 0.465 e. The standard InChI is InChI=1S/C19H21N3O3/c1-25-18(23)16-9-5-6-10-17(16)21-11-13-22(14-12-21)19(24)20-15-7-3-2-4-8-15/h2-10H,11-14H2,1H3,(H,20,24). The van der Waals surface area contributed by atoms with Gasteiger partial charge in [-0.1, -0.05) is 30.3 Å². The second kappa shape index (κ2) is 7.70. The number of urea groups is 1. The summed E-state index contributed by atoms with van der Waals surface area (Å²) in [5, 5.41) is 2.90. The number of amides is 2. The molecule has 0 atom stereocenters. The fraction of sp³-hybridized carbons (Fsp3) is 0.263. The number of nitrogens with one attached hydrogen (secondary N) is 1. The molecule has 6 nitrogen and oxygen atoms in total. The highest BCUT2D eigenvalue weighted by atomic mass is 16.5. The molecule has 130 valence electrons. The summed E-state index contributed by atoms with van der Waals surface area (Å²) in [6.45, 7) is 2.51. The number of ether oxygens (including phenoxy) is 1. The van der Waals surface area contributed by atoms with Gasteiger partial charge in [-0.2, -0.15) is 0 Å². The van der Waals surface area contributed by atoms with Gasteiger partial charge >= 0.3 is 12.0 Å². The summed E-state index contributed by atoms with van der Waals surface area (Å²) in [7, 11) is 1.38. The number of esters is 1. The Bertz CT molecular complexity index is 741. The Hall–Kier alpha value is -3.02. The molecule has 0 radical (unpaired) electrons. The summed E-state index contributed by atoms with van der Waals surface area (Å²) < 4.78 is 4.85. The molecule has 1 heterocycles. The van der Waals surface area contributed by atoms with Crippen LogP contribution >= 0.6 is 0 Å². The molecular weight excluding hydrogens is 318 g/mol. The van der Waals surface area contributed by atoms with Crippen LogP contribution in [0.1, 0.15) is 10.4 Å². The Morgan fingerprint density at radius 2 is 1.56 bits per heavy atom.